The molecule has 5 nitrogen and oxygen atoms in total. The second-order valence-corrected chi connectivity index (χ2v) is 8.69. The summed E-state index contributed by atoms with van der Waals surface area (Å²) in [5.74, 6) is -0.372. The summed E-state index contributed by atoms with van der Waals surface area (Å²) in [7, 11) is 0. The van der Waals surface area contributed by atoms with Crippen LogP contribution in [0.3, 0.4) is 0 Å². The molecular formula is C21H18F3N3O2S2. The molecule has 0 aliphatic carbocycles. The van der Waals surface area contributed by atoms with Gasteiger partial charge >= 0.3 is 6.18 Å². The lowest BCUT2D eigenvalue weighted by atomic mass is 10.2. The Hall–Kier alpha value is -2.85. The van der Waals surface area contributed by atoms with Gasteiger partial charge in [-0.05, 0) is 43.3 Å². The molecule has 10 heteroatoms. The van der Waals surface area contributed by atoms with E-state index in [-0.39, 0.29) is 23.8 Å². The fraction of sp³-hybridized carbons (Fsp3) is 0.190. The lowest BCUT2D eigenvalue weighted by Crippen LogP contribution is -2.15. The first kappa shape index (κ1) is 22.8. The highest BCUT2D eigenvalue weighted by Crippen LogP contribution is 2.30. The van der Waals surface area contributed by atoms with Gasteiger partial charge in [-0.2, -0.15) is 13.2 Å². The minimum absolute atomic E-state index is 0.0202. The quantitative estimate of drug-likeness (QED) is 0.460. The normalized spacial score (nSPS) is 11.2. The summed E-state index contributed by atoms with van der Waals surface area (Å²) >= 11 is 2.58. The molecule has 2 amide bonds. The molecular weight excluding hydrogens is 447 g/mol. The van der Waals surface area contributed by atoms with Gasteiger partial charge in [0.2, 0.25) is 11.8 Å². The predicted octanol–water partition coefficient (Wildman–Crippen LogP) is 5.38. The third kappa shape index (κ3) is 7.11. The molecule has 0 saturated heterocycles. The number of thiazole rings is 1. The van der Waals surface area contributed by atoms with Crippen LogP contribution in [-0.2, 0) is 22.2 Å². The number of halogens is 3. The van der Waals surface area contributed by atoms with Crippen LogP contribution in [0.1, 0.15) is 16.8 Å². The van der Waals surface area contributed by atoms with E-state index in [2.05, 4.69) is 15.6 Å². The van der Waals surface area contributed by atoms with Crippen LogP contribution in [0.25, 0.3) is 0 Å². The van der Waals surface area contributed by atoms with E-state index in [1.165, 1.54) is 35.2 Å². The maximum atomic E-state index is 12.6. The molecule has 0 bridgehead atoms. The van der Waals surface area contributed by atoms with Crippen LogP contribution in [0.5, 0.6) is 0 Å². The molecule has 2 N–H and O–H groups in total. The van der Waals surface area contributed by atoms with Crippen molar-refractivity contribution in [1.29, 1.82) is 0 Å². The van der Waals surface area contributed by atoms with Crippen LogP contribution in [0, 0.1) is 6.92 Å². The first-order valence-electron chi connectivity index (χ1n) is 9.10. The number of thioether (sulfide) groups is 1. The number of carbonyl (C=O) groups excluding carboxylic acids is 2. The molecule has 0 unspecified atom stereocenters. The van der Waals surface area contributed by atoms with E-state index >= 15 is 0 Å². The van der Waals surface area contributed by atoms with Gasteiger partial charge in [0.05, 0.1) is 23.4 Å². The highest BCUT2D eigenvalue weighted by molar-refractivity contribution is 8.01. The van der Waals surface area contributed by atoms with E-state index < -0.39 is 17.6 Å². The van der Waals surface area contributed by atoms with Gasteiger partial charge in [-0.15, -0.1) is 11.3 Å². The Morgan fingerprint density at radius 3 is 2.16 bits per heavy atom. The molecule has 0 atom stereocenters. The number of aryl methyl sites for hydroxylation is 1. The molecule has 3 aromatic rings. The molecule has 0 spiro atoms. The minimum atomic E-state index is -4.42. The molecule has 1 aromatic heterocycles. The second-order valence-electron chi connectivity index (χ2n) is 6.61. The van der Waals surface area contributed by atoms with Gasteiger partial charge in [0, 0.05) is 16.8 Å². The minimum Gasteiger partial charge on any atom is -0.326 e. The zero-order chi connectivity index (χ0) is 22.4. The van der Waals surface area contributed by atoms with Crippen LogP contribution in [0.2, 0.25) is 0 Å². The molecule has 0 fully saturated rings. The number of carbonyl (C=O) groups is 2. The SMILES string of the molecule is Cc1ccc(NC(=O)CSc2nc(CC(=O)Nc3ccc(C(F)(F)F)cc3)cs2)cc1. The zero-order valence-electron chi connectivity index (χ0n) is 16.3. The Morgan fingerprint density at radius 2 is 1.55 bits per heavy atom. The molecule has 2 aromatic carbocycles. The summed E-state index contributed by atoms with van der Waals surface area (Å²) in [6, 6.07) is 11.7. The van der Waals surface area contributed by atoms with Crippen LogP contribution >= 0.6 is 23.1 Å². The van der Waals surface area contributed by atoms with Gasteiger partial charge in [0.15, 0.2) is 4.34 Å². The number of alkyl halides is 3. The van der Waals surface area contributed by atoms with Crippen molar-refractivity contribution in [2.45, 2.75) is 23.9 Å². The maximum Gasteiger partial charge on any atom is 0.416 e. The van der Waals surface area contributed by atoms with E-state index in [9.17, 15) is 22.8 Å². The first-order chi connectivity index (χ1) is 14.7. The van der Waals surface area contributed by atoms with Crippen molar-refractivity contribution in [3.63, 3.8) is 0 Å². The molecule has 0 aliphatic heterocycles. The van der Waals surface area contributed by atoms with Crippen LogP contribution in [0.15, 0.2) is 58.3 Å². The Labute approximate surface area is 185 Å². The number of nitrogens with one attached hydrogen (secondary N) is 2. The standard InChI is InChI=1S/C21H18F3N3O2S2/c1-13-2-6-15(7-3-13)26-19(29)12-31-20-27-17(11-30-20)10-18(28)25-16-8-4-14(5-9-16)21(22,23)24/h2-9,11H,10,12H2,1H3,(H,25,28)(H,26,29). The molecule has 0 radical (unpaired) electrons. The van der Waals surface area contributed by atoms with E-state index in [0.717, 1.165) is 23.4 Å². The van der Waals surface area contributed by atoms with Gasteiger partial charge in [-0.25, -0.2) is 4.98 Å². The first-order valence-corrected chi connectivity index (χ1v) is 11.0. The van der Waals surface area contributed by atoms with E-state index in [1.54, 1.807) is 5.38 Å². The summed E-state index contributed by atoms with van der Waals surface area (Å²) in [6.45, 7) is 1.96. The van der Waals surface area contributed by atoms with E-state index in [0.29, 0.717) is 10.0 Å². The van der Waals surface area contributed by atoms with Gasteiger partial charge in [-0.3, -0.25) is 9.59 Å². The number of amides is 2. The highest BCUT2D eigenvalue weighted by atomic mass is 32.2. The number of benzene rings is 2. The van der Waals surface area contributed by atoms with Crippen molar-refractivity contribution in [3.8, 4) is 0 Å². The van der Waals surface area contributed by atoms with Gasteiger partial charge < -0.3 is 10.6 Å². The van der Waals surface area contributed by atoms with Crippen molar-refractivity contribution >= 4 is 46.3 Å². The third-order valence-electron chi connectivity index (χ3n) is 4.03. The average molecular weight is 466 g/mol. The van der Waals surface area contributed by atoms with Crippen molar-refractivity contribution in [3.05, 3.63) is 70.7 Å². The van der Waals surface area contributed by atoms with E-state index in [4.69, 9.17) is 0 Å². The van der Waals surface area contributed by atoms with Crippen LogP contribution in [0.4, 0.5) is 24.5 Å². The second kappa shape index (κ2) is 9.97. The summed E-state index contributed by atoms with van der Waals surface area (Å²) in [6.07, 6.45) is -4.44. The average Bonchev–Trinajstić information content (AvgIpc) is 3.15. The smallest absolute Gasteiger partial charge is 0.326 e. The Bertz CT molecular complexity index is 1050. The largest absolute Gasteiger partial charge is 0.416 e. The fourth-order valence-electron chi connectivity index (χ4n) is 2.51. The lowest BCUT2D eigenvalue weighted by molar-refractivity contribution is -0.137. The molecule has 1 heterocycles. The number of aromatic nitrogens is 1. The fourth-order valence-corrected chi connectivity index (χ4v) is 4.15. The number of hydrogen-bond acceptors (Lipinski definition) is 5. The Balaban J connectivity index is 1.46. The predicted molar refractivity (Wildman–Crippen MR) is 116 cm³/mol. The molecule has 0 aliphatic rings. The van der Waals surface area contributed by atoms with Gasteiger partial charge in [-0.1, -0.05) is 29.5 Å². The molecule has 31 heavy (non-hydrogen) atoms. The van der Waals surface area contributed by atoms with Crippen molar-refractivity contribution < 1.29 is 22.8 Å². The lowest BCUT2D eigenvalue weighted by Gasteiger charge is -2.08. The van der Waals surface area contributed by atoms with E-state index in [1.807, 2.05) is 31.2 Å². The van der Waals surface area contributed by atoms with Crippen LogP contribution < -0.4 is 10.6 Å². The number of hydrogen-bond donors (Lipinski definition) is 2. The van der Waals surface area contributed by atoms with Crippen molar-refractivity contribution in [2.24, 2.45) is 0 Å². The molecule has 3 rings (SSSR count). The van der Waals surface area contributed by atoms with Crippen molar-refractivity contribution in [2.75, 3.05) is 16.4 Å². The van der Waals surface area contributed by atoms with Crippen molar-refractivity contribution in [1.82, 2.24) is 4.98 Å². The number of rotatable bonds is 7. The summed E-state index contributed by atoms with van der Waals surface area (Å²) in [4.78, 5) is 28.5. The zero-order valence-corrected chi connectivity index (χ0v) is 18.0. The summed E-state index contributed by atoms with van der Waals surface area (Å²) < 4.78 is 38.4. The Kier molecular flexibility index (Phi) is 7.34. The maximum absolute atomic E-state index is 12.6. The number of nitrogens with zero attached hydrogens (tertiary/aromatic N) is 1. The topological polar surface area (TPSA) is 71.1 Å². The van der Waals surface area contributed by atoms with Gasteiger partial charge in [0.1, 0.15) is 0 Å². The molecule has 162 valence electrons. The molecule has 0 saturated carbocycles. The number of anilines is 2. The van der Waals surface area contributed by atoms with Crippen LogP contribution in [-0.4, -0.2) is 22.6 Å². The van der Waals surface area contributed by atoms with Gasteiger partial charge in [0.25, 0.3) is 0 Å². The highest BCUT2D eigenvalue weighted by Gasteiger charge is 2.30. The Morgan fingerprint density at radius 1 is 0.968 bits per heavy atom. The third-order valence-corrected chi connectivity index (χ3v) is 6.10. The summed E-state index contributed by atoms with van der Waals surface area (Å²) in [5, 5.41) is 7.06. The summed E-state index contributed by atoms with van der Waals surface area (Å²) in [5.41, 5.74) is 1.84. The monoisotopic (exact) mass is 465 g/mol.